The summed E-state index contributed by atoms with van der Waals surface area (Å²) in [5.74, 6) is -1.61. The van der Waals surface area contributed by atoms with Crippen LogP contribution in [0.25, 0.3) is 0 Å². The number of hydrogen-bond acceptors (Lipinski definition) is 2. The Hall–Kier alpha value is -2.04. The Balaban J connectivity index is 2.38. The van der Waals surface area contributed by atoms with E-state index >= 15 is 0 Å². The van der Waals surface area contributed by atoms with Crippen molar-refractivity contribution in [3.8, 4) is 0 Å². The molecular weight excluding hydrogens is 313 g/mol. The highest BCUT2D eigenvalue weighted by atomic mass is 35.5. The number of carboxylic acids is 1. The van der Waals surface area contributed by atoms with Crippen LogP contribution in [0, 0.1) is 6.92 Å². The average Bonchev–Trinajstić information content (AvgIpc) is 2.40. The molecule has 4 nitrogen and oxygen atoms in total. The molecule has 0 aliphatic heterocycles. The Morgan fingerprint density at radius 1 is 1.10 bits per heavy atom. The van der Waals surface area contributed by atoms with E-state index in [1.165, 1.54) is 18.2 Å². The van der Waals surface area contributed by atoms with E-state index in [0.717, 1.165) is 0 Å². The van der Waals surface area contributed by atoms with Crippen LogP contribution >= 0.6 is 23.2 Å². The molecule has 0 saturated heterocycles. The molecule has 2 aromatic carbocycles. The molecule has 0 radical (unpaired) electrons. The lowest BCUT2D eigenvalue weighted by molar-refractivity contribution is 0.0698. The van der Waals surface area contributed by atoms with Crippen LogP contribution in [0.2, 0.25) is 10.0 Å². The lowest BCUT2D eigenvalue weighted by Crippen LogP contribution is -2.16. The van der Waals surface area contributed by atoms with Crippen molar-refractivity contribution in [2.75, 3.05) is 5.32 Å². The third-order valence-corrected chi connectivity index (χ3v) is 3.47. The van der Waals surface area contributed by atoms with Gasteiger partial charge in [0.2, 0.25) is 0 Å². The number of halogens is 2. The van der Waals surface area contributed by atoms with Crippen molar-refractivity contribution < 1.29 is 14.7 Å². The second-order valence-electron chi connectivity index (χ2n) is 4.38. The molecule has 0 bridgehead atoms. The first-order valence-electron chi connectivity index (χ1n) is 5.99. The minimum Gasteiger partial charge on any atom is -0.478 e. The van der Waals surface area contributed by atoms with Crippen LogP contribution in [0.15, 0.2) is 36.4 Å². The molecule has 6 heteroatoms. The van der Waals surface area contributed by atoms with Crippen molar-refractivity contribution in [2.45, 2.75) is 6.92 Å². The van der Waals surface area contributed by atoms with Crippen LogP contribution < -0.4 is 5.32 Å². The van der Waals surface area contributed by atoms with Crippen LogP contribution in [0.1, 0.15) is 26.3 Å². The van der Waals surface area contributed by atoms with Crippen LogP contribution in [0.4, 0.5) is 5.69 Å². The normalized spacial score (nSPS) is 10.2. The van der Waals surface area contributed by atoms with Gasteiger partial charge in [-0.15, -0.1) is 0 Å². The number of para-hydroxylation sites is 1. The van der Waals surface area contributed by atoms with Crippen LogP contribution in [0.5, 0.6) is 0 Å². The van der Waals surface area contributed by atoms with Crippen LogP contribution in [-0.2, 0) is 0 Å². The minimum absolute atomic E-state index is 0.0672. The molecule has 2 rings (SSSR count). The zero-order valence-corrected chi connectivity index (χ0v) is 12.5. The van der Waals surface area contributed by atoms with E-state index in [1.807, 2.05) is 0 Å². The summed E-state index contributed by atoms with van der Waals surface area (Å²) in [6.45, 7) is 1.74. The van der Waals surface area contributed by atoms with Crippen LogP contribution in [0.3, 0.4) is 0 Å². The first-order chi connectivity index (χ1) is 9.90. The summed E-state index contributed by atoms with van der Waals surface area (Å²) in [5, 5.41) is 12.4. The molecule has 21 heavy (non-hydrogen) atoms. The highest BCUT2D eigenvalue weighted by molar-refractivity contribution is 6.35. The first-order valence-corrected chi connectivity index (χ1v) is 6.75. The monoisotopic (exact) mass is 323 g/mol. The summed E-state index contributed by atoms with van der Waals surface area (Å²) in [5.41, 5.74) is 1.09. The molecule has 0 aromatic heterocycles. The predicted molar refractivity (Wildman–Crippen MR) is 82.6 cm³/mol. The van der Waals surface area contributed by atoms with Gasteiger partial charge in [0, 0.05) is 10.6 Å². The van der Waals surface area contributed by atoms with E-state index in [0.29, 0.717) is 16.1 Å². The second-order valence-corrected chi connectivity index (χ2v) is 5.22. The Morgan fingerprint density at radius 3 is 2.43 bits per heavy atom. The predicted octanol–water partition coefficient (Wildman–Crippen LogP) is 4.25. The number of carbonyl (C=O) groups excluding carboxylic acids is 1. The van der Waals surface area contributed by atoms with Gasteiger partial charge in [-0.25, -0.2) is 4.79 Å². The molecule has 0 heterocycles. The number of carbonyl (C=O) groups is 2. The van der Waals surface area contributed by atoms with E-state index in [4.69, 9.17) is 28.3 Å². The third-order valence-electron chi connectivity index (χ3n) is 2.92. The summed E-state index contributed by atoms with van der Waals surface area (Å²) in [6, 6.07) is 9.21. The molecule has 0 atom stereocenters. The summed E-state index contributed by atoms with van der Waals surface area (Å²) in [4.78, 5) is 23.4. The molecule has 2 aromatic rings. The maximum absolute atomic E-state index is 12.3. The van der Waals surface area contributed by atoms with Gasteiger partial charge in [0.1, 0.15) is 0 Å². The van der Waals surface area contributed by atoms with Crippen molar-refractivity contribution in [2.24, 2.45) is 0 Å². The fraction of sp³-hybridized carbons (Fsp3) is 0.0667. The quantitative estimate of drug-likeness (QED) is 0.887. The van der Waals surface area contributed by atoms with Crippen molar-refractivity contribution >= 4 is 40.8 Å². The minimum atomic E-state index is -1.17. The first kappa shape index (κ1) is 15.4. The second kappa shape index (κ2) is 6.16. The Labute approximate surface area is 131 Å². The van der Waals surface area contributed by atoms with E-state index in [1.54, 1.807) is 25.1 Å². The molecule has 1 amide bonds. The molecule has 0 saturated carbocycles. The van der Waals surface area contributed by atoms with Crippen molar-refractivity contribution in [1.29, 1.82) is 0 Å². The average molecular weight is 324 g/mol. The highest BCUT2D eigenvalue weighted by Crippen LogP contribution is 2.27. The van der Waals surface area contributed by atoms with E-state index in [2.05, 4.69) is 5.32 Å². The lowest BCUT2D eigenvalue weighted by Gasteiger charge is -2.11. The highest BCUT2D eigenvalue weighted by Gasteiger charge is 2.17. The number of nitrogens with one attached hydrogen (secondary N) is 1. The Morgan fingerprint density at radius 2 is 1.81 bits per heavy atom. The summed E-state index contributed by atoms with van der Waals surface area (Å²) in [7, 11) is 0. The van der Waals surface area contributed by atoms with Crippen LogP contribution in [-0.4, -0.2) is 17.0 Å². The summed E-state index contributed by atoms with van der Waals surface area (Å²) >= 11 is 11.8. The molecule has 0 aliphatic carbocycles. The number of hydrogen-bond donors (Lipinski definition) is 2. The van der Waals surface area contributed by atoms with Crippen molar-refractivity contribution in [3.05, 3.63) is 63.1 Å². The molecule has 108 valence electrons. The van der Waals surface area contributed by atoms with Gasteiger partial charge in [-0.05, 0) is 42.8 Å². The van der Waals surface area contributed by atoms with Gasteiger partial charge in [0.15, 0.2) is 0 Å². The molecule has 0 spiro atoms. The van der Waals surface area contributed by atoms with Crippen molar-refractivity contribution in [3.63, 3.8) is 0 Å². The largest absolute Gasteiger partial charge is 0.478 e. The number of carboxylic acid groups (broad SMARTS) is 1. The smallest absolute Gasteiger partial charge is 0.337 e. The van der Waals surface area contributed by atoms with Crippen molar-refractivity contribution in [1.82, 2.24) is 0 Å². The summed E-state index contributed by atoms with van der Waals surface area (Å²) in [6.07, 6.45) is 0. The molecule has 0 fully saturated rings. The third kappa shape index (κ3) is 3.35. The maximum Gasteiger partial charge on any atom is 0.337 e. The van der Waals surface area contributed by atoms with Gasteiger partial charge < -0.3 is 10.4 Å². The number of aromatic carboxylic acids is 1. The fourth-order valence-electron chi connectivity index (χ4n) is 1.89. The number of anilines is 1. The zero-order valence-electron chi connectivity index (χ0n) is 11.0. The topological polar surface area (TPSA) is 66.4 Å². The van der Waals surface area contributed by atoms with E-state index in [-0.39, 0.29) is 16.3 Å². The number of amides is 1. The molecular formula is C15H11Cl2NO3. The molecule has 0 aliphatic rings. The number of rotatable bonds is 3. The maximum atomic E-state index is 12.3. The number of aryl methyl sites for hydroxylation is 1. The van der Waals surface area contributed by atoms with Gasteiger partial charge in [0.05, 0.1) is 16.3 Å². The van der Waals surface area contributed by atoms with E-state index < -0.39 is 11.9 Å². The molecule has 0 unspecified atom stereocenters. The van der Waals surface area contributed by atoms with Gasteiger partial charge in [-0.2, -0.15) is 0 Å². The zero-order chi connectivity index (χ0) is 15.6. The summed E-state index contributed by atoms with van der Waals surface area (Å²) < 4.78 is 0. The van der Waals surface area contributed by atoms with Gasteiger partial charge in [-0.3, -0.25) is 4.79 Å². The fourth-order valence-corrected chi connectivity index (χ4v) is 2.34. The van der Waals surface area contributed by atoms with Gasteiger partial charge in [0.25, 0.3) is 5.91 Å². The van der Waals surface area contributed by atoms with Gasteiger partial charge >= 0.3 is 5.97 Å². The number of benzene rings is 2. The molecule has 2 N–H and O–H groups in total. The Bertz CT molecular complexity index is 729. The standard InChI is InChI=1S/C15H11Cl2NO3/c1-8-7-9(16)5-6-10(8)14(19)18-13-11(15(20)21)3-2-4-12(13)17/h2-7H,1H3,(H,18,19)(H,20,21). The SMILES string of the molecule is Cc1cc(Cl)ccc1C(=O)Nc1c(Cl)cccc1C(=O)O. The Kier molecular flexibility index (Phi) is 4.50. The van der Waals surface area contributed by atoms with E-state index in [9.17, 15) is 9.59 Å². The lowest BCUT2D eigenvalue weighted by atomic mass is 10.1. The van der Waals surface area contributed by atoms with Gasteiger partial charge in [-0.1, -0.05) is 29.3 Å².